The number of hydrogen-bond acceptors (Lipinski definition) is 6. The Morgan fingerprint density at radius 1 is 0.522 bits per heavy atom. The van der Waals surface area contributed by atoms with Gasteiger partial charge in [0.05, 0.1) is 39.9 Å². The zero-order valence-electron chi connectivity index (χ0n) is 45.2. The highest BCUT2D eigenvalue weighted by Gasteiger charge is 2.23. The van der Waals surface area contributed by atoms with E-state index in [0.717, 1.165) is 83.5 Å². The van der Waals surface area contributed by atoms with E-state index in [4.69, 9.17) is 9.05 Å². The van der Waals surface area contributed by atoms with Crippen LogP contribution >= 0.6 is 7.82 Å². The normalized spacial score (nSPS) is 14.7. The summed E-state index contributed by atoms with van der Waals surface area (Å²) in [5.74, 6) is -0.215. The molecule has 0 saturated heterocycles. The van der Waals surface area contributed by atoms with Crippen molar-refractivity contribution in [3.63, 3.8) is 0 Å². The standard InChI is InChI=1S/C60H107N2O6P/c1-6-8-10-12-14-16-18-20-22-24-26-27-28-29-30-31-32-33-34-35-36-38-40-42-44-46-48-50-52-54-60(64)61-58(57-68-69(65,66)67-56-55-62(3,4)5)59(63)53-51-49-47-45-43-41-39-37-25-23-21-19-17-15-13-11-9-7-2/h8,10,14,16,20,22,26-27,29-30,32-33,43,45,51,53,58-59,63H,6-7,9,11-13,15,17-19,21,23-25,28,31,34-42,44,46-50,52,54-57H2,1-5H3,(H-,61,64,65,66)/b10-8-,16-14-,22-20-,27-26-,30-29-,33-32-,45-43+,53-51+. The number of phosphoric ester groups is 1. The molecule has 0 bridgehead atoms. The zero-order chi connectivity index (χ0) is 50.6. The van der Waals surface area contributed by atoms with Crippen molar-refractivity contribution in [1.82, 2.24) is 5.32 Å². The molecular formula is C60H107N2O6P. The lowest BCUT2D eigenvalue weighted by Crippen LogP contribution is -2.45. The van der Waals surface area contributed by atoms with Gasteiger partial charge in [-0.3, -0.25) is 9.36 Å². The number of nitrogens with one attached hydrogen (secondary N) is 1. The first kappa shape index (κ1) is 66.4. The summed E-state index contributed by atoms with van der Waals surface area (Å²) < 4.78 is 23.3. The Bertz CT molecular complexity index is 1440. The molecule has 2 N–H and O–H groups in total. The van der Waals surface area contributed by atoms with Gasteiger partial charge < -0.3 is 28.8 Å². The minimum Gasteiger partial charge on any atom is -0.756 e. The number of allylic oxidation sites excluding steroid dienone is 15. The summed E-state index contributed by atoms with van der Waals surface area (Å²) in [7, 11) is 1.23. The van der Waals surface area contributed by atoms with Gasteiger partial charge in [0, 0.05) is 6.42 Å². The molecule has 0 aromatic carbocycles. The molecule has 0 spiro atoms. The lowest BCUT2D eigenvalue weighted by molar-refractivity contribution is -0.870. The molecule has 0 aliphatic carbocycles. The minimum atomic E-state index is -4.61. The monoisotopic (exact) mass is 983 g/mol. The molecule has 3 atom stereocenters. The molecule has 69 heavy (non-hydrogen) atoms. The molecule has 3 unspecified atom stereocenters. The number of amides is 1. The van der Waals surface area contributed by atoms with Gasteiger partial charge in [0.1, 0.15) is 13.2 Å². The van der Waals surface area contributed by atoms with Crippen LogP contribution in [0, 0.1) is 0 Å². The van der Waals surface area contributed by atoms with Gasteiger partial charge in [0.25, 0.3) is 7.82 Å². The fourth-order valence-corrected chi connectivity index (χ4v) is 8.37. The van der Waals surface area contributed by atoms with E-state index in [1.165, 1.54) is 122 Å². The summed E-state index contributed by atoms with van der Waals surface area (Å²) >= 11 is 0. The van der Waals surface area contributed by atoms with E-state index in [1.807, 2.05) is 27.2 Å². The minimum absolute atomic E-state index is 0.0116. The van der Waals surface area contributed by atoms with Crippen LogP contribution in [0.15, 0.2) is 97.2 Å². The van der Waals surface area contributed by atoms with Crippen molar-refractivity contribution >= 4 is 13.7 Å². The summed E-state index contributed by atoms with van der Waals surface area (Å²) in [6, 6.07) is -0.912. The van der Waals surface area contributed by atoms with E-state index in [2.05, 4.69) is 104 Å². The van der Waals surface area contributed by atoms with Crippen molar-refractivity contribution < 1.29 is 32.9 Å². The first-order chi connectivity index (χ1) is 33.5. The topological polar surface area (TPSA) is 108 Å². The van der Waals surface area contributed by atoms with Gasteiger partial charge >= 0.3 is 0 Å². The molecule has 0 heterocycles. The largest absolute Gasteiger partial charge is 0.756 e. The van der Waals surface area contributed by atoms with E-state index in [0.29, 0.717) is 17.4 Å². The van der Waals surface area contributed by atoms with Gasteiger partial charge in [-0.05, 0) is 83.5 Å². The van der Waals surface area contributed by atoms with Crippen molar-refractivity contribution in [2.24, 2.45) is 0 Å². The Hall–Kier alpha value is -2.58. The number of likely N-dealkylation sites (N-methyl/N-ethyl adjacent to an activating group) is 1. The Labute approximate surface area is 426 Å². The van der Waals surface area contributed by atoms with Crippen LogP contribution in [0.1, 0.15) is 226 Å². The molecule has 9 heteroatoms. The van der Waals surface area contributed by atoms with E-state index in [9.17, 15) is 19.4 Å². The van der Waals surface area contributed by atoms with Crippen LogP contribution < -0.4 is 10.2 Å². The molecule has 1 amide bonds. The maximum atomic E-state index is 13.0. The van der Waals surface area contributed by atoms with E-state index in [1.54, 1.807) is 6.08 Å². The number of carbonyl (C=O) groups excluding carboxylic acids is 1. The molecular weight excluding hydrogens is 876 g/mol. The average molecular weight is 983 g/mol. The zero-order valence-corrected chi connectivity index (χ0v) is 46.1. The quantitative estimate of drug-likeness (QED) is 0.0272. The summed E-state index contributed by atoms with van der Waals surface area (Å²) in [6.07, 6.45) is 71.9. The maximum absolute atomic E-state index is 13.0. The molecule has 8 nitrogen and oxygen atoms in total. The van der Waals surface area contributed by atoms with E-state index < -0.39 is 26.6 Å². The third-order valence-electron chi connectivity index (χ3n) is 12.0. The number of hydrogen-bond donors (Lipinski definition) is 2. The second-order valence-electron chi connectivity index (χ2n) is 19.9. The highest BCUT2D eigenvalue weighted by Crippen LogP contribution is 2.38. The summed E-state index contributed by atoms with van der Waals surface area (Å²) in [6.45, 7) is 4.51. The van der Waals surface area contributed by atoms with Gasteiger partial charge in [-0.25, -0.2) is 0 Å². The molecule has 0 aromatic rings. The summed E-state index contributed by atoms with van der Waals surface area (Å²) in [5.41, 5.74) is 0. The highest BCUT2D eigenvalue weighted by molar-refractivity contribution is 7.45. The third kappa shape index (κ3) is 53.1. The number of carbonyl (C=O) groups is 1. The fraction of sp³-hybridized carbons (Fsp3) is 0.717. The van der Waals surface area contributed by atoms with Crippen molar-refractivity contribution in [2.45, 2.75) is 238 Å². The number of nitrogens with zero attached hydrogens (tertiary/aromatic N) is 1. The first-order valence-corrected chi connectivity index (χ1v) is 29.6. The SMILES string of the molecule is CC/C=C\C/C=C\C/C=C\C/C=C\C/C=C\C/C=C\CCCCCCCCCCCCC(=O)NC(COP(=O)([O-])OCC[N+](C)(C)C)C(O)/C=C/CC/C=C/CCCCCCCCCCCCCC. The first-order valence-electron chi connectivity index (χ1n) is 28.1. The van der Waals surface area contributed by atoms with Crippen LogP contribution in [-0.4, -0.2) is 68.5 Å². The Morgan fingerprint density at radius 3 is 1.35 bits per heavy atom. The van der Waals surface area contributed by atoms with Gasteiger partial charge in [-0.15, -0.1) is 0 Å². The average Bonchev–Trinajstić information content (AvgIpc) is 3.31. The molecule has 398 valence electrons. The van der Waals surface area contributed by atoms with E-state index in [-0.39, 0.29) is 12.5 Å². The number of rotatable bonds is 50. The fourth-order valence-electron chi connectivity index (χ4n) is 7.64. The van der Waals surface area contributed by atoms with Gasteiger partial charge in [-0.2, -0.15) is 0 Å². The van der Waals surface area contributed by atoms with Crippen LogP contribution in [0.25, 0.3) is 0 Å². The Balaban J connectivity index is 4.27. The molecule has 0 saturated carbocycles. The number of aliphatic hydroxyl groups is 1. The summed E-state index contributed by atoms with van der Waals surface area (Å²) in [5, 5.41) is 13.8. The second kappa shape index (κ2) is 50.4. The number of aliphatic hydroxyl groups excluding tert-OH is 1. The smallest absolute Gasteiger partial charge is 0.268 e. The predicted octanol–water partition coefficient (Wildman–Crippen LogP) is 16.4. The van der Waals surface area contributed by atoms with Gasteiger partial charge in [0.15, 0.2) is 0 Å². The number of quaternary nitrogens is 1. The molecule has 0 aromatic heterocycles. The maximum Gasteiger partial charge on any atom is 0.268 e. The van der Waals surface area contributed by atoms with Crippen LogP contribution in [0.5, 0.6) is 0 Å². The van der Waals surface area contributed by atoms with Crippen LogP contribution in [-0.2, 0) is 18.4 Å². The van der Waals surface area contributed by atoms with Crippen molar-refractivity contribution in [1.29, 1.82) is 0 Å². The lowest BCUT2D eigenvalue weighted by atomic mass is 10.0. The van der Waals surface area contributed by atoms with Gasteiger partial charge in [-0.1, -0.05) is 233 Å². The number of unbranched alkanes of at least 4 members (excludes halogenated alkanes) is 23. The van der Waals surface area contributed by atoms with Crippen LogP contribution in [0.3, 0.4) is 0 Å². The lowest BCUT2D eigenvalue weighted by Gasteiger charge is -2.29. The van der Waals surface area contributed by atoms with Crippen molar-refractivity contribution in [3.8, 4) is 0 Å². The third-order valence-corrected chi connectivity index (χ3v) is 13.0. The van der Waals surface area contributed by atoms with Gasteiger partial charge in [0.2, 0.25) is 5.91 Å². The highest BCUT2D eigenvalue weighted by atomic mass is 31.2. The van der Waals surface area contributed by atoms with E-state index >= 15 is 0 Å². The molecule has 0 radical (unpaired) electrons. The van der Waals surface area contributed by atoms with Crippen molar-refractivity contribution in [3.05, 3.63) is 97.2 Å². The summed E-state index contributed by atoms with van der Waals surface area (Å²) in [4.78, 5) is 25.5. The Morgan fingerprint density at radius 2 is 0.899 bits per heavy atom. The predicted molar refractivity (Wildman–Crippen MR) is 297 cm³/mol. The van der Waals surface area contributed by atoms with Crippen LogP contribution in [0.4, 0.5) is 0 Å². The molecule has 0 fully saturated rings. The number of phosphoric acid groups is 1. The molecule has 0 aliphatic rings. The second-order valence-corrected chi connectivity index (χ2v) is 21.3. The Kier molecular flexibility index (Phi) is 48.5. The van der Waals surface area contributed by atoms with Crippen molar-refractivity contribution in [2.75, 3.05) is 40.9 Å². The molecule has 0 aliphatic heterocycles. The van der Waals surface area contributed by atoms with Crippen LogP contribution in [0.2, 0.25) is 0 Å². The molecule has 0 rings (SSSR count).